The number of esters is 1. The number of amides is 3. The van der Waals surface area contributed by atoms with Crippen molar-refractivity contribution in [3.05, 3.63) is 83.0 Å². The van der Waals surface area contributed by atoms with E-state index in [0.717, 1.165) is 44.4 Å². The van der Waals surface area contributed by atoms with E-state index >= 15 is 0 Å². The minimum Gasteiger partial charge on any atom is -0.508 e. The number of phenols is 1. The lowest BCUT2D eigenvalue weighted by molar-refractivity contribution is -0.155. The van der Waals surface area contributed by atoms with E-state index in [1.165, 1.54) is 27.3 Å². The number of hydrazine groups is 1. The molecule has 3 aliphatic heterocycles. The molecule has 5 atom stereocenters. The number of carbonyl (C=O) groups is 4. The molecule has 6 bridgehead atoms. The van der Waals surface area contributed by atoms with E-state index in [0.29, 0.717) is 43.4 Å². The van der Waals surface area contributed by atoms with Gasteiger partial charge in [0.15, 0.2) is 0 Å². The van der Waals surface area contributed by atoms with Crippen LogP contribution >= 0.6 is 0 Å². The molecular weight excluding hydrogens is 887 g/mol. The van der Waals surface area contributed by atoms with Crippen molar-refractivity contribution in [1.82, 2.24) is 34.5 Å². The predicted octanol–water partition coefficient (Wildman–Crippen LogP) is 6.12. The zero-order valence-corrected chi connectivity index (χ0v) is 41.6. The number of methoxy groups -OCH3 is 1. The smallest absolute Gasteiger partial charge is 0.324 e. The van der Waals surface area contributed by atoms with E-state index in [1.807, 2.05) is 25.1 Å². The Labute approximate surface area is 400 Å². The third-order valence-corrected chi connectivity index (χ3v) is 15.2. The molecule has 4 aromatic rings. The summed E-state index contributed by atoms with van der Waals surface area (Å²) in [6, 6.07) is 12.3. The Morgan fingerprint density at radius 3 is 2.56 bits per heavy atom. The van der Waals surface area contributed by atoms with Gasteiger partial charge >= 0.3 is 5.97 Å². The Morgan fingerprint density at radius 1 is 1.09 bits per heavy atom. The van der Waals surface area contributed by atoms with Crippen LogP contribution in [0.15, 0.2) is 66.2 Å². The second-order valence-corrected chi connectivity index (χ2v) is 21.3. The molecule has 2 fully saturated rings. The number of rotatable bonds is 11. The quantitative estimate of drug-likeness (QED) is 0.147. The van der Waals surface area contributed by atoms with Crippen LogP contribution in [0.5, 0.6) is 5.75 Å². The predicted molar refractivity (Wildman–Crippen MR) is 260 cm³/mol. The lowest BCUT2D eigenvalue weighted by Crippen LogP contribution is -2.62. The van der Waals surface area contributed by atoms with Crippen molar-refractivity contribution < 1.29 is 42.2 Å². The average molecular weight is 954 g/mol. The fraction of sp³-hybridized carbons (Fsp3) is 0.510. The first-order chi connectivity index (χ1) is 32.3. The van der Waals surface area contributed by atoms with Gasteiger partial charge in [-0.2, -0.15) is 4.31 Å². The van der Waals surface area contributed by atoms with E-state index in [9.17, 15) is 32.7 Å². The number of sulfonamides is 1. The van der Waals surface area contributed by atoms with Crippen LogP contribution in [-0.2, 0) is 58.1 Å². The maximum atomic E-state index is 14.7. The summed E-state index contributed by atoms with van der Waals surface area (Å²) in [5, 5.41) is 17.8. The Morgan fingerprint density at radius 2 is 1.85 bits per heavy atom. The van der Waals surface area contributed by atoms with Gasteiger partial charge in [0.05, 0.1) is 30.0 Å². The standard InChI is InChI=1S/C51H67N7O9S/c1-10-22-68(64,65)56-21-18-35(29-56)48(61)55(8)45(31(3)4)47(60)53-42-25-33-23-36(26-37(59)24-33)34-16-17-43-39(27-34)40(46(57(43)11-2)38-14-12-19-52-44(38)32(5)66-9)28-51(6,7)30-67-50(63)41-15-13-20-58(54-41)49(42)62/h10,12,14,16-17,19,22-24,26-27,31-32,35,41-42,45,54,59H,11,13,15,18,20-21,25,28-30H2,1-9H3,(H,53,60)/b22-10+/t32-,35-,41-,42-,45?/m0/s1. The lowest BCUT2D eigenvalue weighted by Gasteiger charge is -2.37. The van der Waals surface area contributed by atoms with E-state index in [4.69, 9.17) is 14.5 Å². The van der Waals surface area contributed by atoms with Gasteiger partial charge < -0.3 is 29.4 Å². The molecule has 5 heterocycles. The molecule has 3 N–H and O–H groups in total. The SMILES string of the molecule is C/C=C/S(=O)(=O)N1CC[C@H](C(=O)N(C)C(C(=O)N[C@H]2Cc3cc(O)cc(c3)-c3ccc4c(c3)c(c(-c3cccnc3[C@H](C)OC)n4CC)CC(C)(C)COC(=O)[C@@H]3CCCN(N3)C2=O)C(C)C)C1. The molecule has 7 rings (SSSR count). The van der Waals surface area contributed by atoms with Gasteiger partial charge in [0, 0.05) is 80.2 Å². The highest BCUT2D eigenvalue weighted by molar-refractivity contribution is 7.92. The summed E-state index contributed by atoms with van der Waals surface area (Å²) in [5.74, 6) is -3.04. The summed E-state index contributed by atoms with van der Waals surface area (Å²) in [6.45, 7) is 14.6. The second kappa shape index (κ2) is 20.5. The molecule has 2 aromatic carbocycles. The number of aromatic nitrogens is 2. The largest absolute Gasteiger partial charge is 0.508 e. The minimum absolute atomic E-state index is 0.0100. The minimum atomic E-state index is -3.69. The van der Waals surface area contributed by atoms with Gasteiger partial charge in [-0.25, -0.2) is 13.8 Å². The average Bonchev–Trinajstić information content (AvgIpc) is 3.93. The van der Waals surface area contributed by atoms with Crippen molar-refractivity contribution in [1.29, 1.82) is 0 Å². The van der Waals surface area contributed by atoms with Gasteiger partial charge in [-0.05, 0) is 111 Å². The normalized spacial score (nSPS) is 21.4. The first-order valence-corrected chi connectivity index (χ1v) is 25.2. The number of aryl methyl sites for hydroxylation is 1. The number of aromatic hydroxyl groups is 1. The van der Waals surface area contributed by atoms with Crippen molar-refractivity contribution in [3.63, 3.8) is 0 Å². The number of benzene rings is 2. The number of ether oxygens (including phenoxy) is 2. The molecule has 3 aliphatic rings. The van der Waals surface area contributed by atoms with Gasteiger partial charge in [-0.3, -0.25) is 29.2 Å². The number of hydrogen-bond acceptors (Lipinski definition) is 11. The highest BCUT2D eigenvalue weighted by Crippen LogP contribution is 2.42. The molecule has 16 nitrogen and oxygen atoms in total. The number of cyclic esters (lactones) is 1. The highest BCUT2D eigenvalue weighted by Gasteiger charge is 2.41. The number of nitrogens with zero attached hydrogens (tertiary/aromatic N) is 5. The lowest BCUT2D eigenvalue weighted by atomic mass is 9.84. The summed E-state index contributed by atoms with van der Waals surface area (Å²) in [6.07, 6.45) is 4.61. The van der Waals surface area contributed by atoms with Crippen LogP contribution in [0.2, 0.25) is 0 Å². The van der Waals surface area contributed by atoms with Crippen molar-refractivity contribution in [2.45, 2.75) is 111 Å². The second-order valence-electron chi connectivity index (χ2n) is 19.5. The number of carbonyl (C=O) groups excluding carboxylic acids is 4. The van der Waals surface area contributed by atoms with E-state index in [2.05, 4.69) is 54.3 Å². The van der Waals surface area contributed by atoms with Crippen molar-refractivity contribution in [2.24, 2.45) is 17.3 Å². The van der Waals surface area contributed by atoms with Crippen molar-refractivity contribution >= 4 is 44.6 Å². The molecule has 1 unspecified atom stereocenters. The van der Waals surface area contributed by atoms with E-state index < -0.39 is 63.2 Å². The maximum absolute atomic E-state index is 14.7. The summed E-state index contributed by atoms with van der Waals surface area (Å²) in [7, 11) is -0.494. The number of pyridine rings is 1. The Balaban J connectivity index is 1.30. The van der Waals surface area contributed by atoms with Crippen LogP contribution in [0.25, 0.3) is 33.3 Å². The summed E-state index contributed by atoms with van der Waals surface area (Å²) >= 11 is 0. The fourth-order valence-electron chi connectivity index (χ4n) is 10.1. The van der Waals surface area contributed by atoms with Crippen molar-refractivity contribution in [2.75, 3.05) is 40.4 Å². The molecular formula is C51H67N7O9S. The number of phenolic OH excluding ortho intramolecular Hbond substituents is 1. The third-order valence-electron chi connectivity index (χ3n) is 13.5. The highest BCUT2D eigenvalue weighted by atomic mass is 32.2. The van der Waals surface area contributed by atoms with Crippen LogP contribution in [0.3, 0.4) is 0 Å². The third kappa shape index (κ3) is 10.5. The number of allylic oxidation sites excluding steroid dienone is 1. The van der Waals surface area contributed by atoms with Gasteiger partial charge in [0.2, 0.25) is 21.8 Å². The molecule has 2 aromatic heterocycles. The van der Waals surface area contributed by atoms with Gasteiger partial charge in [-0.1, -0.05) is 45.9 Å². The molecule has 0 radical (unpaired) electrons. The molecule has 3 amide bonds. The van der Waals surface area contributed by atoms with Gasteiger partial charge in [0.25, 0.3) is 5.91 Å². The monoisotopic (exact) mass is 953 g/mol. The van der Waals surface area contributed by atoms with E-state index in [-0.39, 0.29) is 50.4 Å². The number of nitrogens with one attached hydrogen (secondary N) is 2. The Hall–Kier alpha value is -5.62. The summed E-state index contributed by atoms with van der Waals surface area (Å²) in [4.78, 5) is 63.4. The van der Waals surface area contributed by atoms with Crippen LogP contribution in [0.1, 0.15) is 90.7 Å². The zero-order valence-electron chi connectivity index (χ0n) is 40.7. The molecule has 17 heteroatoms. The van der Waals surface area contributed by atoms with Gasteiger partial charge in [0.1, 0.15) is 23.9 Å². The first kappa shape index (κ1) is 50.3. The summed E-state index contributed by atoms with van der Waals surface area (Å²) < 4.78 is 41.0. The summed E-state index contributed by atoms with van der Waals surface area (Å²) in [5.41, 5.74) is 9.39. The number of fused-ring (bicyclic) bond motifs is 6. The zero-order chi connectivity index (χ0) is 49.2. The van der Waals surface area contributed by atoms with Crippen molar-refractivity contribution in [3.8, 4) is 28.1 Å². The molecule has 0 aliphatic carbocycles. The van der Waals surface area contributed by atoms with Crippen LogP contribution in [0, 0.1) is 17.3 Å². The number of likely N-dealkylation sites (N-methyl/N-ethyl adjacent to an activating group) is 1. The van der Waals surface area contributed by atoms with Gasteiger partial charge in [-0.15, -0.1) is 0 Å². The Kier molecular flexibility index (Phi) is 15.2. The Bertz CT molecular complexity index is 2700. The molecule has 366 valence electrons. The van der Waals surface area contributed by atoms with Crippen LogP contribution < -0.4 is 10.7 Å². The van der Waals surface area contributed by atoms with Crippen LogP contribution in [-0.4, -0.2) is 120 Å². The maximum Gasteiger partial charge on any atom is 0.324 e. The topological polar surface area (TPSA) is 193 Å². The van der Waals surface area contributed by atoms with E-state index in [1.54, 1.807) is 46.2 Å². The fourth-order valence-corrected chi connectivity index (χ4v) is 11.4. The first-order valence-electron chi connectivity index (χ1n) is 23.7. The molecule has 68 heavy (non-hydrogen) atoms. The number of hydrogen-bond donors (Lipinski definition) is 3. The molecule has 2 saturated heterocycles. The molecule has 0 spiro atoms. The van der Waals surface area contributed by atoms with Crippen LogP contribution in [0.4, 0.5) is 0 Å². The molecule has 0 saturated carbocycles.